The Hall–Kier alpha value is -2.82. The lowest BCUT2D eigenvalue weighted by Crippen LogP contribution is -2.45. The van der Waals surface area contributed by atoms with Crippen molar-refractivity contribution in [2.75, 3.05) is 5.32 Å². The summed E-state index contributed by atoms with van der Waals surface area (Å²) in [5.74, 6) is -0.684. The minimum atomic E-state index is -0.776. The van der Waals surface area contributed by atoms with Crippen molar-refractivity contribution in [3.05, 3.63) is 100 Å². The Bertz CT molecular complexity index is 963. The van der Waals surface area contributed by atoms with E-state index < -0.39 is 6.04 Å². The van der Waals surface area contributed by atoms with Crippen LogP contribution >= 0.6 is 23.2 Å². The van der Waals surface area contributed by atoms with Crippen molar-refractivity contribution in [3.8, 4) is 0 Å². The fourth-order valence-electron chi connectivity index (χ4n) is 2.70. The van der Waals surface area contributed by atoms with E-state index in [1.54, 1.807) is 42.5 Å². The van der Waals surface area contributed by atoms with Gasteiger partial charge in [-0.05, 0) is 35.9 Å². The molecular weight excluding hydrogens is 395 g/mol. The second-order valence-corrected chi connectivity index (χ2v) is 7.04. The van der Waals surface area contributed by atoms with Gasteiger partial charge in [-0.3, -0.25) is 9.59 Å². The molecular formula is C22H18Cl2N2O2. The summed E-state index contributed by atoms with van der Waals surface area (Å²) in [5, 5.41) is 6.38. The van der Waals surface area contributed by atoms with Crippen molar-refractivity contribution in [1.29, 1.82) is 0 Å². The van der Waals surface area contributed by atoms with Gasteiger partial charge >= 0.3 is 0 Å². The number of anilines is 1. The zero-order valence-corrected chi connectivity index (χ0v) is 16.4. The quantitative estimate of drug-likeness (QED) is 0.599. The fourth-order valence-corrected chi connectivity index (χ4v) is 3.16. The fraction of sp³-hybridized carbons (Fsp3) is 0.0909. The Labute approximate surface area is 173 Å². The number of hydrogen-bond donors (Lipinski definition) is 2. The van der Waals surface area contributed by atoms with E-state index in [-0.39, 0.29) is 11.8 Å². The van der Waals surface area contributed by atoms with Crippen molar-refractivity contribution in [1.82, 2.24) is 5.32 Å². The summed E-state index contributed by atoms with van der Waals surface area (Å²) < 4.78 is 0. The van der Waals surface area contributed by atoms with Gasteiger partial charge in [-0.1, -0.05) is 71.7 Å². The van der Waals surface area contributed by atoms with Crippen LogP contribution in [0.15, 0.2) is 78.9 Å². The predicted molar refractivity (Wildman–Crippen MR) is 113 cm³/mol. The average molecular weight is 413 g/mol. The number of nitrogens with one attached hydrogen (secondary N) is 2. The summed E-state index contributed by atoms with van der Waals surface area (Å²) in [6.07, 6.45) is 0.344. The van der Waals surface area contributed by atoms with E-state index in [0.717, 1.165) is 5.56 Å². The van der Waals surface area contributed by atoms with E-state index in [4.69, 9.17) is 23.2 Å². The number of carbonyl (C=O) groups is 2. The number of amides is 2. The largest absolute Gasteiger partial charge is 0.340 e. The van der Waals surface area contributed by atoms with Crippen molar-refractivity contribution < 1.29 is 9.59 Å². The summed E-state index contributed by atoms with van der Waals surface area (Å²) in [4.78, 5) is 25.5. The maximum atomic E-state index is 12.9. The topological polar surface area (TPSA) is 58.2 Å². The zero-order chi connectivity index (χ0) is 19.9. The van der Waals surface area contributed by atoms with E-state index in [0.29, 0.717) is 27.7 Å². The number of halogens is 2. The van der Waals surface area contributed by atoms with E-state index in [1.165, 1.54) is 0 Å². The van der Waals surface area contributed by atoms with E-state index in [2.05, 4.69) is 10.6 Å². The molecule has 0 saturated carbocycles. The van der Waals surface area contributed by atoms with Crippen LogP contribution < -0.4 is 10.6 Å². The van der Waals surface area contributed by atoms with Crippen LogP contribution in [0, 0.1) is 0 Å². The summed E-state index contributed by atoms with van der Waals surface area (Å²) in [6.45, 7) is 0. The molecule has 2 N–H and O–H groups in total. The van der Waals surface area contributed by atoms with E-state index in [1.807, 2.05) is 36.4 Å². The summed E-state index contributed by atoms with van der Waals surface area (Å²) >= 11 is 12.1. The van der Waals surface area contributed by atoms with Gasteiger partial charge in [0, 0.05) is 17.0 Å². The van der Waals surface area contributed by atoms with Crippen LogP contribution in [0.5, 0.6) is 0 Å². The molecule has 6 heteroatoms. The molecule has 28 heavy (non-hydrogen) atoms. The molecule has 3 aromatic rings. The van der Waals surface area contributed by atoms with Crippen molar-refractivity contribution in [2.24, 2.45) is 0 Å². The van der Waals surface area contributed by atoms with Crippen LogP contribution in [0.3, 0.4) is 0 Å². The molecule has 142 valence electrons. The van der Waals surface area contributed by atoms with Crippen LogP contribution in [0.2, 0.25) is 10.0 Å². The molecule has 0 radical (unpaired) electrons. The molecule has 1 unspecified atom stereocenters. The first kappa shape index (κ1) is 19.9. The monoisotopic (exact) mass is 412 g/mol. The molecule has 1 atom stereocenters. The van der Waals surface area contributed by atoms with Gasteiger partial charge in [0.15, 0.2) is 0 Å². The third-order valence-electron chi connectivity index (χ3n) is 4.13. The maximum absolute atomic E-state index is 12.9. The summed E-state index contributed by atoms with van der Waals surface area (Å²) in [7, 11) is 0. The van der Waals surface area contributed by atoms with Crippen LogP contribution in [0.1, 0.15) is 15.9 Å². The number of hydrogen-bond acceptors (Lipinski definition) is 2. The first-order valence-corrected chi connectivity index (χ1v) is 9.44. The molecule has 4 nitrogen and oxygen atoms in total. The Morgan fingerprint density at radius 3 is 2.14 bits per heavy atom. The molecule has 3 aromatic carbocycles. The third kappa shape index (κ3) is 5.35. The maximum Gasteiger partial charge on any atom is 0.251 e. The highest BCUT2D eigenvalue weighted by atomic mass is 35.5. The Morgan fingerprint density at radius 2 is 1.50 bits per heavy atom. The minimum Gasteiger partial charge on any atom is -0.340 e. The van der Waals surface area contributed by atoms with Gasteiger partial charge in [0.05, 0.1) is 10.7 Å². The molecule has 0 saturated heterocycles. The first-order chi connectivity index (χ1) is 13.5. The van der Waals surface area contributed by atoms with Crippen LogP contribution in [0.25, 0.3) is 0 Å². The van der Waals surface area contributed by atoms with Gasteiger partial charge < -0.3 is 10.6 Å². The minimum absolute atomic E-state index is 0.320. The molecule has 0 fully saturated rings. The Kier molecular flexibility index (Phi) is 6.69. The zero-order valence-electron chi connectivity index (χ0n) is 14.9. The first-order valence-electron chi connectivity index (χ1n) is 8.68. The normalized spacial score (nSPS) is 11.5. The van der Waals surface area contributed by atoms with Crippen LogP contribution in [-0.2, 0) is 11.2 Å². The second-order valence-electron chi connectivity index (χ2n) is 6.20. The van der Waals surface area contributed by atoms with Gasteiger partial charge in [-0.25, -0.2) is 0 Å². The molecule has 3 rings (SSSR count). The van der Waals surface area contributed by atoms with Crippen molar-refractivity contribution in [3.63, 3.8) is 0 Å². The smallest absolute Gasteiger partial charge is 0.251 e. The highest BCUT2D eigenvalue weighted by molar-refractivity contribution is 6.36. The molecule has 0 aromatic heterocycles. The van der Waals surface area contributed by atoms with E-state index >= 15 is 0 Å². The van der Waals surface area contributed by atoms with Crippen molar-refractivity contribution in [2.45, 2.75) is 12.5 Å². The Morgan fingerprint density at radius 1 is 0.857 bits per heavy atom. The second kappa shape index (κ2) is 9.40. The van der Waals surface area contributed by atoms with Gasteiger partial charge in [0.2, 0.25) is 5.91 Å². The van der Waals surface area contributed by atoms with Gasteiger partial charge in [-0.2, -0.15) is 0 Å². The predicted octanol–water partition coefficient (Wildman–Crippen LogP) is 4.97. The molecule has 0 aliphatic heterocycles. The average Bonchev–Trinajstić information content (AvgIpc) is 2.71. The lowest BCUT2D eigenvalue weighted by Gasteiger charge is -2.19. The van der Waals surface area contributed by atoms with Crippen molar-refractivity contribution >= 4 is 40.7 Å². The van der Waals surface area contributed by atoms with E-state index in [9.17, 15) is 9.59 Å². The molecule has 2 amide bonds. The molecule has 0 spiro atoms. The van der Waals surface area contributed by atoms with Gasteiger partial charge in [0.1, 0.15) is 6.04 Å². The van der Waals surface area contributed by atoms with Crippen LogP contribution in [-0.4, -0.2) is 17.9 Å². The highest BCUT2D eigenvalue weighted by Gasteiger charge is 2.22. The highest BCUT2D eigenvalue weighted by Crippen LogP contribution is 2.25. The van der Waals surface area contributed by atoms with Gasteiger partial charge in [-0.15, -0.1) is 0 Å². The SMILES string of the molecule is O=C(NC(Cc1ccccc1)C(=O)Nc1ccc(Cl)cc1Cl)c1ccccc1. The number of benzene rings is 3. The molecule has 0 heterocycles. The lowest BCUT2D eigenvalue weighted by atomic mass is 10.0. The van der Waals surface area contributed by atoms with Gasteiger partial charge in [0.25, 0.3) is 5.91 Å². The Balaban J connectivity index is 1.80. The molecule has 0 bridgehead atoms. The molecule has 0 aliphatic rings. The number of rotatable bonds is 6. The summed E-state index contributed by atoms with van der Waals surface area (Å²) in [5.41, 5.74) is 1.85. The lowest BCUT2D eigenvalue weighted by molar-refractivity contribution is -0.118. The van der Waals surface area contributed by atoms with Crippen LogP contribution in [0.4, 0.5) is 5.69 Å². The third-order valence-corrected chi connectivity index (χ3v) is 4.68. The summed E-state index contributed by atoms with van der Waals surface area (Å²) in [6, 6.07) is 22.3. The standard InChI is InChI=1S/C22H18Cl2N2O2/c23-17-11-12-19(18(24)14-17)25-22(28)20(13-15-7-3-1-4-8-15)26-21(27)16-9-5-2-6-10-16/h1-12,14,20H,13H2,(H,25,28)(H,26,27). The number of carbonyl (C=O) groups excluding carboxylic acids is 2. The molecule has 0 aliphatic carbocycles.